The summed E-state index contributed by atoms with van der Waals surface area (Å²) in [7, 11) is 0. The average Bonchev–Trinajstić information content (AvgIpc) is 3.00. The van der Waals surface area contributed by atoms with E-state index in [2.05, 4.69) is 26.1 Å². The maximum Gasteiger partial charge on any atom is 0.156 e. The first-order valence-corrected chi connectivity index (χ1v) is 8.11. The van der Waals surface area contributed by atoms with Gasteiger partial charge in [0.25, 0.3) is 0 Å². The van der Waals surface area contributed by atoms with Gasteiger partial charge in [0, 0.05) is 38.1 Å². The highest BCUT2D eigenvalue weighted by Crippen LogP contribution is 2.35. The summed E-state index contributed by atoms with van der Waals surface area (Å²) in [6, 6.07) is 10.0. The Kier molecular flexibility index (Phi) is 3.79. The molecule has 5 nitrogen and oxygen atoms in total. The second kappa shape index (κ2) is 6.08. The Balaban J connectivity index is 1.44. The number of likely N-dealkylation sites (tertiary alicyclic amines) is 1. The Morgan fingerprint density at radius 3 is 3.00 bits per heavy atom. The normalized spacial score (nSPS) is 24.4. The summed E-state index contributed by atoms with van der Waals surface area (Å²) in [4.78, 5) is 16.9. The lowest BCUT2D eigenvalue weighted by molar-refractivity contribution is -0.0704. The molecule has 0 aliphatic carbocycles. The van der Waals surface area contributed by atoms with Crippen LogP contribution in [0.15, 0.2) is 54.1 Å². The molecule has 0 amide bonds. The second-order valence-corrected chi connectivity index (χ2v) is 6.38. The maximum absolute atomic E-state index is 5.91. The number of aromatic nitrogens is 2. The zero-order valence-electron chi connectivity index (χ0n) is 13.1. The van der Waals surface area contributed by atoms with Gasteiger partial charge in [-0.1, -0.05) is 17.3 Å². The van der Waals surface area contributed by atoms with E-state index in [1.54, 1.807) is 6.20 Å². The van der Waals surface area contributed by atoms with Gasteiger partial charge in [-0.15, -0.1) is 0 Å². The molecule has 0 aromatic carbocycles. The minimum absolute atomic E-state index is 0.187. The van der Waals surface area contributed by atoms with E-state index in [1.165, 1.54) is 5.56 Å². The molecule has 1 atom stereocenters. The SMILES string of the molecule is c1ccc(C2=NOC3(CCCN(Cc4cccnc4)C3)C2)nc1. The zero-order chi connectivity index (χ0) is 15.5. The standard InChI is InChI=1S/C18H20N4O/c1-2-9-20-16(6-1)17-11-18(23-21-17)7-4-10-22(14-18)13-15-5-3-8-19-12-15/h1-3,5-6,8-9,12H,4,7,10-11,13-14H2. The Labute approximate surface area is 136 Å². The van der Waals surface area contributed by atoms with E-state index in [4.69, 9.17) is 4.84 Å². The van der Waals surface area contributed by atoms with Crippen molar-refractivity contribution in [3.8, 4) is 0 Å². The maximum atomic E-state index is 5.91. The van der Waals surface area contributed by atoms with E-state index in [1.807, 2.05) is 36.7 Å². The van der Waals surface area contributed by atoms with Gasteiger partial charge in [0.2, 0.25) is 0 Å². The summed E-state index contributed by atoms with van der Waals surface area (Å²) in [5, 5.41) is 4.34. The van der Waals surface area contributed by atoms with Gasteiger partial charge < -0.3 is 4.84 Å². The monoisotopic (exact) mass is 308 g/mol. The Morgan fingerprint density at radius 1 is 1.17 bits per heavy atom. The van der Waals surface area contributed by atoms with Crippen LogP contribution in [0.5, 0.6) is 0 Å². The van der Waals surface area contributed by atoms with Crippen LogP contribution < -0.4 is 0 Å². The molecule has 2 aliphatic rings. The molecule has 1 spiro atoms. The van der Waals surface area contributed by atoms with Crippen LogP contribution in [-0.4, -0.2) is 39.3 Å². The van der Waals surface area contributed by atoms with Crippen molar-refractivity contribution in [3.05, 3.63) is 60.2 Å². The fraction of sp³-hybridized carbons (Fsp3) is 0.389. The van der Waals surface area contributed by atoms with Crippen molar-refractivity contribution in [1.29, 1.82) is 0 Å². The third-order valence-corrected chi connectivity index (χ3v) is 4.55. The van der Waals surface area contributed by atoms with Gasteiger partial charge in [-0.25, -0.2) is 0 Å². The number of nitrogens with zero attached hydrogens (tertiary/aromatic N) is 4. The van der Waals surface area contributed by atoms with Crippen molar-refractivity contribution in [2.45, 2.75) is 31.4 Å². The molecule has 1 unspecified atom stereocenters. The molecule has 0 radical (unpaired) electrons. The van der Waals surface area contributed by atoms with Gasteiger partial charge in [0.05, 0.1) is 5.69 Å². The minimum Gasteiger partial charge on any atom is -0.387 e. The van der Waals surface area contributed by atoms with Crippen molar-refractivity contribution in [2.24, 2.45) is 5.16 Å². The summed E-state index contributed by atoms with van der Waals surface area (Å²) in [6.45, 7) is 2.92. The predicted molar refractivity (Wildman–Crippen MR) is 88.0 cm³/mol. The average molecular weight is 308 g/mol. The molecule has 5 heteroatoms. The summed E-state index contributed by atoms with van der Waals surface area (Å²) < 4.78 is 0. The highest BCUT2D eigenvalue weighted by atomic mass is 16.7. The van der Waals surface area contributed by atoms with E-state index in [0.717, 1.165) is 50.3 Å². The van der Waals surface area contributed by atoms with Crippen LogP contribution in [0.25, 0.3) is 0 Å². The molecule has 0 bridgehead atoms. The van der Waals surface area contributed by atoms with Gasteiger partial charge in [0.15, 0.2) is 5.60 Å². The summed E-state index contributed by atoms with van der Waals surface area (Å²) >= 11 is 0. The molecule has 118 valence electrons. The predicted octanol–water partition coefficient (Wildman–Crippen LogP) is 2.64. The number of oxime groups is 1. The zero-order valence-corrected chi connectivity index (χ0v) is 13.1. The number of piperidine rings is 1. The fourth-order valence-electron chi connectivity index (χ4n) is 3.49. The lowest BCUT2D eigenvalue weighted by Crippen LogP contribution is -2.47. The Morgan fingerprint density at radius 2 is 2.17 bits per heavy atom. The number of hydrogen-bond donors (Lipinski definition) is 0. The van der Waals surface area contributed by atoms with Crippen LogP contribution in [-0.2, 0) is 11.4 Å². The third-order valence-electron chi connectivity index (χ3n) is 4.55. The van der Waals surface area contributed by atoms with Gasteiger partial charge in [0.1, 0.15) is 5.71 Å². The molecular formula is C18H20N4O. The highest BCUT2D eigenvalue weighted by Gasteiger charge is 2.43. The molecular weight excluding hydrogens is 288 g/mol. The van der Waals surface area contributed by atoms with Crippen molar-refractivity contribution in [3.63, 3.8) is 0 Å². The van der Waals surface area contributed by atoms with Gasteiger partial charge in [-0.3, -0.25) is 14.9 Å². The van der Waals surface area contributed by atoms with Gasteiger partial charge >= 0.3 is 0 Å². The lowest BCUT2D eigenvalue weighted by atomic mass is 9.87. The summed E-state index contributed by atoms with van der Waals surface area (Å²) in [6.07, 6.45) is 8.58. The van der Waals surface area contributed by atoms with Crippen molar-refractivity contribution in [2.75, 3.05) is 13.1 Å². The second-order valence-electron chi connectivity index (χ2n) is 6.38. The van der Waals surface area contributed by atoms with Crippen molar-refractivity contribution < 1.29 is 4.84 Å². The molecule has 4 heterocycles. The molecule has 2 aromatic heterocycles. The third kappa shape index (κ3) is 3.10. The number of rotatable bonds is 3. The first-order valence-electron chi connectivity index (χ1n) is 8.11. The van der Waals surface area contributed by atoms with Gasteiger partial charge in [-0.05, 0) is 43.1 Å². The first-order chi connectivity index (χ1) is 11.3. The molecule has 0 saturated carbocycles. The largest absolute Gasteiger partial charge is 0.387 e. The van der Waals surface area contributed by atoms with E-state index < -0.39 is 0 Å². The molecule has 4 rings (SSSR count). The topological polar surface area (TPSA) is 50.6 Å². The van der Waals surface area contributed by atoms with E-state index in [0.29, 0.717) is 0 Å². The smallest absolute Gasteiger partial charge is 0.156 e. The van der Waals surface area contributed by atoms with E-state index in [-0.39, 0.29) is 5.60 Å². The fourth-order valence-corrected chi connectivity index (χ4v) is 3.49. The minimum atomic E-state index is -0.187. The first kappa shape index (κ1) is 14.3. The molecule has 23 heavy (non-hydrogen) atoms. The summed E-state index contributed by atoms with van der Waals surface area (Å²) in [5.74, 6) is 0. The summed E-state index contributed by atoms with van der Waals surface area (Å²) in [5.41, 5.74) is 2.95. The molecule has 1 saturated heterocycles. The van der Waals surface area contributed by atoms with E-state index >= 15 is 0 Å². The van der Waals surface area contributed by atoms with Crippen molar-refractivity contribution in [1.82, 2.24) is 14.9 Å². The van der Waals surface area contributed by atoms with Gasteiger partial charge in [-0.2, -0.15) is 0 Å². The molecule has 2 aromatic rings. The Bertz CT molecular complexity index is 689. The molecule has 1 fully saturated rings. The number of hydrogen-bond acceptors (Lipinski definition) is 5. The van der Waals surface area contributed by atoms with Crippen molar-refractivity contribution >= 4 is 5.71 Å². The van der Waals surface area contributed by atoms with Crippen LogP contribution in [0.1, 0.15) is 30.5 Å². The molecule has 0 N–H and O–H groups in total. The van der Waals surface area contributed by atoms with E-state index in [9.17, 15) is 0 Å². The van der Waals surface area contributed by atoms with Crippen LogP contribution in [0.4, 0.5) is 0 Å². The lowest BCUT2D eigenvalue weighted by Gasteiger charge is -2.38. The highest BCUT2D eigenvalue weighted by molar-refractivity contribution is 6.00. The molecule has 2 aliphatic heterocycles. The van der Waals surface area contributed by atoms with Crippen LogP contribution in [0.3, 0.4) is 0 Å². The van der Waals surface area contributed by atoms with Crippen LogP contribution in [0, 0.1) is 0 Å². The quantitative estimate of drug-likeness (QED) is 0.874. The van der Waals surface area contributed by atoms with Crippen LogP contribution in [0.2, 0.25) is 0 Å². The number of pyridine rings is 2. The Hall–Kier alpha value is -2.27. The van der Waals surface area contributed by atoms with Crippen LogP contribution >= 0.6 is 0 Å².